The van der Waals surface area contributed by atoms with Crippen molar-refractivity contribution in [3.8, 4) is 0 Å². The van der Waals surface area contributed by atoms with E-state index in [1.807, 2.05) is 12.1 Å². The zero-order valence-electron chi connectivity index (χ0n) is 10.1. The average molecular weight is 220 g/mol. The molecule has 0 saturated carbocycles. The van der Waals surface area contributed by atoms with Crippen molar-refractivity contribution in [3.63, 3.8) is 0 Å². The van der Waals surface area contributed by atoms with Gasteiger partial charge in [-0.1, -0.05) is 6.07 Å². The Balaban J connectivity index is 2.12. The molecule has 1 saturated heterocycles. The summed E-state index contributed by atoms with van der Waals surface area (Å²) >= 11 is 0. The van der Waals surface area contributed by atoms with Gasteiger partial charge in [-0.25, -0.2) is 4.98 Å². The highest BCUT2D eigenvalue weighted by Gasteiger charge is 2.21. The van der Waals surface area contributed by atoms with E-state index in [0.717, 1.165) is 31.1 Å². The summed E-state index contributed by atoms with van der Waals surface area (Å²) in [4.78, 5) is 9.27. The summed E-state index contributed by atoms with van der Waals surface area (Å²) in [5.74, 6) is 1.06. The molecular formula is C12H20N4. The summed E-state index contributed by atoms with van der Waals surface area (Å²) in [5.41, 5.74) is 6.57. The summed E-state index contributed by atoms with van der Waals surface area (Å²) in [6, 6.07) is 6.66. The Kier molecular flexibility index (Phi) is 3.41. The molecule has 0 bridgehead atoms. The molecule has 0 unspecified atom stereocenters. The number of piperazine rings is 1. The third-order valence-corrected chi connectivity index (χ3v) is 3.28. The largest absolute Gasteiger partial charge is 0.354 e. The second-order valence-electron chi connectivity index (χ2n) is 4.47. The predicted octanol–water partition coefficient (Wildman–Crippen LogP) is 0.681. The first-order valence-electron chi connectivity index (χ1n) is 5.82. The van der Waals surface area contributed by atoms with Crippen molar-refractivity contribution < 1.29 is 0 Å². The standard InChI is InChI=1S/C12H20N4/c1-10-9-16(7-6-15(10)2)12-5-3-4-11(8-13)14-12/h3-5,10H,6-9,13H2,1-2H3/t10-/m1/s1. The van der Waals surface area contributed by atoms with Gasteiger partial charge in [-0.2, -0.15) is 0 Å². The maximum absolute atomic E-state index is 5.61. The summed E-state index contributed by atoms with van der Waals surface area (Å²) in [5, 5.41) is 0. The van der Waals surface area contributed by atoms with Crippen molar-refractivity contribution in [2.75, 3.05) is 31.6 Å². The van der Waals surface area contributed by atoms with Crippen molar-refractivity contribution in [1.82, 2.24) is 9.88 Å². The lowest BCUT2D eigenvalue weighted by atomic mass is 10.2. The van der Waals surface area contributed by atoms with Crippen LogP contribution in [0.1, 0.15) is 12.6 Å². The molecule has 4 nitrogen and oxygen atoms in total. The van der Waals surface area contributed by atoms with Gasteiger partial charge in [0.05, 0.1) is 5.69 Å². The lowest BCUT2D eigenvalue weighted by Crippen LogP contribution is -2.50. The summed E-state index contributed by atoms with van der Waals surface area (Å²) < 4.78 is 0. The van der Waals surface area contributed by atoms with E-state index in [9.17, 15) is 0 Å². The number of anilines is 1. The minimum atomic E-state index is 0.511. The van der Waals surface area contributed by atoms with Crippen LogP contribution in [-0.4, -0.2) is 42.6 Å². The maximum Gasteiger partial charge on any atom is 0.128 e. The fraction of sp³-hybridized carbons (Fsp3) is 0.583. The molecule has 16 heavy (non-hydrogen) atoms. The fourth-order valence-corrected chi connectivity index (χ4v) is 2.01. The lowest BCUT2D eigenvalue weighted by molar-refractivity contribution is 0.233. The van der Waals surface area contributed by atoms with Gasteiger partial charge in [0.15, 0.2) is 0 Å². The van der Waals surface area contributed by atoms with Gasteiger partial charge in [0.1, 0.15) is 5.82 Å². The smallest absolute Gasteiger partial charge is 0.128 e. The number of hydrogen-bond donors (Lipinski definition) is 1. The second-order valence-corrected chi connectivity index (χ2v) is 4.47. The molecule has 2 heterocycles. The molecule has 1 fully saturated rings. The van der Waals surface area contributed by atoms with Crippen LogP contribution in [0.15, 0.2) is 18.2 Å². The fourth-order valence-electron chi connectivity index (χ4n) is 2.01. The third-order valence-electron chi connectivity index (χ3n) is 3.28. The molecule has 1 aliphatic rings. The van der Waals surface area contributed by atoms with Crippen LogP contribution in [-0.2, 0) is 6.54 Å². The molecule has 88 valence electrons. The van der Waals surface area contributed by atoms with Gasteiger partial charge in [-0.05, 0) is 26.1 Å². The van der Waals surface area contributed by atoms with Gasteiger partial charge in [0.25, 0.3) is 0 Å². The predicted molar refractivity (Wildman–Crippen MR) is 66.4 cm³/mol. The minimum absolute atomic E-state index is 0.511. The summed E-state index contributed by atoms with van der Waals surface area (Å²) in [6.07, 6.45) is 0. The number of likely N-dealkylation sites (N-methyl/N-ethyl adjacent to an activating group) is 1. The number of aromatic nitrogens is 1. The van der Waals surface area contributed by atoms with Gasteiger partial charge < -0.3 is 15.5 Å². The van der Waals surface area contributed by atoms with E-state index in [1.54, 1.807) is 0 Å². The van der Waals surface area contributed by atoms with Gasteiger partial charge >= 0.3 is 0 Å². The Bertz CT molecular complexity index is 353. The van der Waals surface area contributed by atoms with E-state index in [-0.39, 0.29) is 0 Å². The van der Waals surface area contributed by atoms with Crippen LogP contribution in [0.25, 0.3) is 0 Å². The number of pyridine rings is 1. The number of nitrogens with two attached hydrogens (primary N) is 1. The van der Waals surface area contributed by atoms with E-state index in [2.05, 4.69) is 34.8 Å². The zero-order chi connectivity index (χ0) is 11.5. The molecule has 1 aliphatic heterocycles. The van der Waals surface area contributed by atoms with E-state index >= 15 is 0 Å². The van der Waals surface area contributed by atoms with Gasteiger partial charge in [0.2, 0.25) is 0 Å². The second kappa shape index (κ2) is 4.80. The van der Waals surface area contributed by atoms with Crippen molar-refractivity contribution >= 4 is 5.82 Å². The Labute approximate surface area is 97.1 Å². The van der Waals surface area contributed by atoms with Crippen LogP contribution in [0.2, 0.25) is 0 Å². The lowest BCUT2D eigenvalue weighted by Gasteiger charge is -2.38. The monoisotopic (exact) mass is 220 g/mol. The summed E-state index contributed by atoms with van der Waals surface area (Å²) in [6.45, 7) is 5.94. The SMILES string of the molecule is C[C@@H]1CN(c2cccc(CN)n2)CCN1C. The van der Waals surface area contributed by atoms with Crippen LogP contribution >= 0.6 is 0 Å². The third kappa shape index (κ3) is 2.33. The molecule has 0 aromatic carbocycles. The average Bonchev–Trinajstić information content (AvgIpc) is 2.33. The molecule has 0 aliphatic carbocycles. The molecule has 0 amide bonds. The van der Waals surface area contributed by atoms with Crippen molar-refractivity contribution in [2.24, 2.45) is 5.73 Å². The molecule has 2 rings (SSSR count). The van der Waals surface area contributed by atoms with E-state index in [0.29, 0.717) is 12.6 Å². The van der Waals surface area contributed by atoms with Gasteiger partial charge in [-0.3, -0.25) is 0 Å². The topological polar surface area (TPSA) is 45.4 Å². The summed E-state index contributed by atoms with van der Waals surface area (Å²) in [7, 11) is 2.17. The van der Waals surface area contributed by atoms with Crippen LogP contribution in [0, 0.1) is 0 Å². The van der Waals surface area contributed by atoms with Crippen molar-refractivity contribution in [3.05, 3.63) is 23.9 Å². The first-order chi connectivity index (χ1) is 7.70. The number of nitrogens with zero attached hydrogens (tertiary/aromatic N) is 3. The van der Waals surface area contributed by atoms with E-state index < -0.39 is 0 Å². The molecule has 4 heteroatoms. The molecule has 0 spiro atoms. The Hall–Kier alpha value is -1.13. The number of hydrogen-bond acceptors (Lipinski definition) is 4. The highest BCUT2D eigenvalue weighted by molar-refractivity contribution is 5.40. The zero-order valence-corrected chi connectivity index (χ0v) is 10.1. The van der Waals surface area contributed by atoms with Crippen LogP contribution in [0.5, 0.6) is 0 Å². The highest BCUT2D eigenvalue weighted by atomic mass is 15.3. The molecule has 0 radical (unpaired) electrons. The van der Waals surface area contributed by atoms with Crippen LogP contribution < -0.4 is 10.6 Å². The molecular weight excluding hydrogens is 200 g/mol. The molecule has 1 atom stereocenters. The minimum Gasteiger partial charge on any atom is -0.354 e. The Morgan fingerprint density at radius 3 is 2.94 bits per heavy atom. The molecule has 1 aromatic rings. The van der Waals surface area contributed by atoms with Gasteiger partial charge in [0, 0.05) is 32.2 Å². The van der Waals surface area contributed by atoms with Crippen LogP contribution in [0.4, 0.5) is 5.82 Å². The highest BCUT2D eigenvalue weighted by Crippen LogP contribution is 2.16. The van der Waals surface area contributed by atoms with Crippen molar-refractivity contribution in [1.29, 1.82) is 0 Å². The maximum atomic E-state index is 5.61. The van der Waals surface area contributed by atoms with Crippen molar-refractivity contribution in [2.45, 2.75) is 19.5 Å². The van der Waals surface area contributed by atoms with Crippen LogP contribution in [0.3, 0.4) is 0 Å². The Morgan fingerprint density at radius 1 is 1.44 bits per heavy atom. The normalized spacial score (nSPS) is 22.4. The molecule has 1 aromatic heterocycles. The van der Waals surface area contributed by atoms with E-state index in [4.69, 9.17) is 5.73 Å². The first-order valence-corrected chi connectivity index (χ1v) is 5.82. The number of rotatable bonds is 2. The first kappa shape index (κ1) is 11.4. The van der Waals surface area contributed by atoms with Gasteiger partial charge in [-0.15, -0.1) is 0 Å². The Morgan fingerprint density at radius 2 is 2.25 bits per heavy atom. The molecule has 2 N–H and O–H groups in total. The van der Waals surface area contributed by atoms with E-state index in [1.165, 1.54) is 0 Å². The quantitative estimate of drug-likeness (QED) is 0.796.